The zero-order valence-electron chi connectivity index (χ0n) is 5.70. The zero-order valence-corrected chi connectivity index (χ0v) is 8.62. The number of aryl methyl sites for hydroxylation is 1. The third-order valence-electron chi connectivity index (χ3n) is 0.997. The van der Waals surface area contributed by atoms with E-state index in [2.05, 4.69) is 6.07 Å². The summed E-state index contributed by atoms with van der Waals surface area (Å²) in [7, 11) is 0. The Morgan fingerprint density at radius 1 is 1.50 bits per heavy atom. The maximum atomic E-state index is 5.68. The molecule has 0 atom stereocenters. The molecule has 0 aliphatic heterocycles. The van der Waals surface area contributed by atoms with Gasteiger partial charge in [-0.05, 0) is 0 Å². The van der Waals surface area contributed by atoms with Crippen LogP contribution in [0.3, 0.4) is 0 Å². The Hall–Kier alpha value is 0.566. The van der Waals surface area contributed by atoms with Gasteiger partial charge in [-0.15, -0.1) is 5.56 Å². The summed E-state index contributed by atoms with van der Waals surface area (Å²) in [5.74, 6) is 0. The van der Waals surface area contributed by atoms with E-state index >= 15 is 0 Å². The summed E-state index contributed by atoms with van der Waals surface area (Å²) in [6, 6.07) is 8.54. The third kappa shape index (κ3) is 3.67. The molecule has 0 spiro atoms. The summed E-state index contributed by atoms with van der Waals surface area (Å²) in [5.41, 5.74) is 1.01. The molecular weight excluding hydrogens is 179 g/mol. The Bertz CT molecular complexity index is 168. The van der Waals surface area contributed by atoms with Gasteiger partial charge in [0.25, 0.3) is 0 Å². The average molecular weight is 185 g/mol. The van der Waals surface area contributed by atoms with Gasteiger partial charge < -0.3 is 12.4 Å². The van der Waals surface area contributed by atoms with E-state index in [0.29, 0.717) is 0 Å². The Balaban J connectivity index is 0. The van der Waals surface area contributed by atoms with E-state index in [1.807, 2.05) is 25.1 Å². The number of halogens is 2. The van der Waals surface area contributed by atoms with Crippen molar-refractivity contribution in [1.82, 2.24) is 0 Å². The molecular formula is C7H6Cl2Mg. The Morgan fingerprint density at radius 3 is 2.40 bits per heavy atom. The Morgan fingerprint density at radius 2 is 2.10 bits per heavy atom. The van der Waals surface area contributed by atoms with Crippen LogP contribution in [-0.4, -0.2) is 23.1 Å². The fraction of sp³-hybridized carbons (Fsp3) is 0.143. The smallest absolute Gasteiger partial charge is 1.00 e. The minimum Gasteiger partial charge on any atom is -1.00 e. The van der Waals surface area contributed by atoms with Crippen molar-refractivity contribution in [3.63, 3.8) is 0 Å². The minimum absolute atomic E-state index is 0. The SMILES string of the molecule is Cc1[c-]cccc1Cl.[Cl-].[Mg+2]. The molecule has 0 N–H and O–H groups in total. The second kappa shape index (κ2) is 6.29. The standard InChI is InChI=1S/C7H6Cl.ClH.Mg/c1-6-4-2-3-5-7(6)8;;/h2-3,5H,1H3;1H;/q-1;;+2/p-1. The number of rotatable bonds is 0. The molecule has 1 aromatic rings. The molecule has 3 heteroatoms. The first kappa shape index (κ1) is 13.2. The van der Waals surface area contributed by atoms with Crippen LogP contribution >= 0.6 is 11.6 Å². The predicted octanol–water partition coefficient (Wildman–Crippen LogP) is -0.928. The fourth-order valence-electron chi connectivity index (χ4n) is 0.500. The van der Waals surface area contributed by atoms with Crippen LogP contribution in [0.15, 0.2) is 18.2 Å². The van der Waals surface area contributed by atoms with E-state index in [-0.39, 0.29) is 35.5 Å². The normalized spacial score (nSPS) is 7.40. The monoisotopic (exact) mass is 184 g/mol. The molecule has 0 aliphatic rings. The van der Waals surface area contributed by atoms with Gasteiger partial charge in [0.1, 0.15) is 0 Å². The van der Waals surface area contributed by atoms with Crippen molar-refractivity contribution in [3.8, 4) is 0 Å². The summed E-state index contributed by atoms with van der Waals surface area (Å²) in [6.45, 7) is 1.93. The van der Waals surface area contributed by atoms with Crippen molar-refractivity contribution in [1.29, 1.82) is 0 Å². The Labute approximate surface area is 88.5 Å². The molecule has 10 heavy (non-hydrogen) atoms. The van der Waals surface area contributed by atoms with Gasteiger partial charge in [0.2, 0.25) is 0 Å². The second-order valence-electron chi connectivity index (χ2n) is 1.64. The van der Waals surface area contributed by atoms with Crippen LogP contribution in [-0.2, 0) is 0 Å². The number of hydrogen-bond donors (Lipinski definition) is 0. The predicted molar refractivity (Wildman–Crippen MR) is 40.8 cm³/mol. The van der Waals surface area contributed by atoms with Gasteiger partial charge >= 0.3 is 23.1 Å². The van der Waals surface area contributed by atoms with Crippen LogP contribution < -0.4 is 12.4 Å². The van der Waals surface area contributed by atoms with Crippen molar-refractivity contribution < 1.29 is 12.4 Å². The van der Waals surface area contributed by atoms with Crippen LogP contribution in [0.2, 0.25) is 5.02 Å². The van der Waals surface area contributed by atoms with Gasteiger partial charge in [-0.1, -0.05) is 11.9 Å². The summed E-state index contributed by atoms with van der Waals surface area (Å²) in [6.07, 6.45) is 0. The van der Waals surface area contributed by atoms with Gasteiger partial charge in [-0.25, -0.2) is 0 Å². The zero-order chi connectivity index (χ0) is 5.98. The van der Waals surface area contributed by atoms with Gasteiger partial charge in [0.05, 0.1) is 0 Å². The molecule has 0 radical (unpaired) electrons. The van der Waals surface area contributed by atoms with E-state index in [1.54, 1.807) is 0 Å². The van der Waals surface area contributed by atoms with E-state index in [9.17, 15) is 0 Å². The van der Waals surface area contributed by atoms with E-state index in [1.165, 1.54) is 0 Å². The summed E-state index contributed by atoms with van der Waals surface area (Å²) >= 11 is 5.68. The van der Waals surface area contributed by atoms with Crippen LogP contribution in [0.1, 0.15) is 5.56 Å². The quantitative estimate of drug-likeness (QED) is 0.362. The van der Waals surface area contributed by atoms with Crippen LogP contribution in [0.25, 0.3) is 0 Å². The molecule has 1 aromatic carbocycles. The summed E-state index contributed by atoms with van der Waals surface area (Å²) in [4.78, 5) is 0. The van der Waals surface area contributed by atoms with Crippen molar-refractivity contribution in [3.05, 3.63) is 34.9 Å². The van der Waals surface area contributed by atoms with Gasteiger partial charge in [-0.2, -0.15) is 35.9 Å². The molecule has 0 nitrogen and oxygen atoms in total. The molecule has 0 amide bonds. The van der Waals surface area contributed by atoms with Crippen molar-refractivity contribution in [2.24, 2.45) is 0 Å². The van der Waals surface area contributed by atoms with Gasteiger partial charge in [0, 0.05) is 0 Å². The van der Waals surface area contributed by atoms with Crippen molar-refractivity contribution in [2.45, 2.75) is 6.92 Å². The van der Waals surface area contributed by atoms with Crippen molar-refractivity contribution >= 4 is 34.7 Å². The molecule has 0 fully saturated rings. The molecule has 1 rings (SSSR count). The molecule has 0 aliphatic carbocycles. The van der Waals surface area contributed by atoms with E-state index < -0.39 is 0 Å². The summed E-state index contributed by atoms with van der Waals surface area (Å²) in [5, 5.41) is 0.785. The first-order valence-corrected chi connectivity index (χ1v) is 2.81. The fourth-order valence-corrected chi connectivity index (χ4v) is 0.627. The van der Waals surface area contributed by atoms with Gasteiger partial charge in [0.15, 0.2) is 0 Å². The van der Waals surface area contributed by atoms with E-state index in [4.69, 9.17) is 11.6 Å². The topological polar surface area (TPSA) is 0 Å². The molecule has 0 heterocycles. The molecule has 50 valence electrons. The number of hydrogen-bond acceptors (Lipinski definition) is 0. The summed E-state index contributed by atoms with van der Waals surface area (Å²) < 4.78 is 0. The second-order valence-corrected chi connectivity index (χ2v) is 2.05. The molecule has 0 aromatic heterocycles. The van der Waals surface area contributed by atoms with Crippen LogP contribution in [0.4, 0.5) is 0 Å². The average Bonchev–Trinajstić information content (AvgIpc) is 1.77. The maximum absolute atomic E-state index is 5.68. The molecule has 0 saturated heterocycles. The number of benzene rings is 1. The maximum Gasteiger partial charge on any atom is 2.00 e. The minimum atomic E-state index is 0. The molecule has 0 unspecified atom stereocenters. The molecule has 0 saturated carbocycles. The van der Waals surface area contributed by atoms with Crippen LogP contribution in [0.5, 0.6) is 0 Å². The largest absolute Gasteiger partial charge is 2.00 e. The first-order chi connectivity index (χ1) is 3.80. The molecule has 0 bridgehead atoms. The van der Waals surface area contributed by atoms with Crippen molar-refractivity contribution in [2.75, 3.05) is 0 Å². The Kier molecular flexibility index (Phi) is 8.29. The first-order valence-electron chi connectivity index (χ1n) is 2.43. The van der Waals surface area contributed by atoms with E-state index in [0.717, 1.165) is 10.6 Å². The van der Waals surface area contributed by atoms with Crippen LogP contribution in [0, 0.1) is 13.0 Å². The van der Waals surface area contributed by atoms with Gasteiger partial charge in [-0.3, -0.25) is 0 Å². The third-order valence-corrected chi connectivity index (χ3v) is 1.41.